The number of hydrogen-bond donors (Lipinski definition) is 0. The standard InChI is InChI=1S/C8H12O3S/c1-7(4-9)5-12(10,11)6-8-2-3-8/h1,4,7-8H,2-3,5-6H2/t7-/m1/s1. The summed E-state index contributed by atoms with van der Waals surface area (Å²) in [6, 6.07) is 0. The van der Waals surface area contributed by atoms with Crippen molar-refractivity contribution in [1.29, 1.82) is 0 Å². The van der Waals surface area contributed by atoms with Crippen LogP contribution in [-0.2, 0) is 14.6 Å². The lowest BCUT2D eigenvalue weighted by Gasteiger charge is -2.03. The molecular formula is C8H12O3S. The Hall–Kier alpha value is -0.380. The summed E-state index contributed by atoms with van der Waals surface area (Å²) in [5.74, 6) is -0.524. The van der Waals surface area contributed by atoms with E-state index in [0.717, 1.165) is 12.8 Å². The molecule has 12 heavy (non-hydrogen) atoms. The monoisotopic (exact) mass is 188 g/mol. The molecule has 0 unspecified atom stereocenters. The number of carbonyl (C=O) groups is 1. The zero-order chi connectivity index (χ0) is 9.19. The Bertz CT molecular complexity index is 251. The van der Waals surface area contributed by atoms with Gasteiger partial charge in [0.05, 0.1) is 11.5 Å². The largest absolute Gasteiger partial charge is 0.303 e. The number of aldehydes is 1. The Morgan fingerprint density at radius 1 is 1.50 bits per heavy atom. The first-order chi connectivity index (χ1) is 5.53. The van der Waals surface area contributed by atoms with Gasteiger partial charge in [0.25, 0.3) is 0 Å². The van der Waals surface area contributed by atoms with Crippen molar-refractivity contribution in [3.8, 4) is 0 Å². The van der Waals surface area contributed by atoms with Crippen LogP contribution in [0.3, 0.4) is 0 Å². The zero-order valence-electron chi connectivity index (χ0n) is 6.77. The molecule has 1 rings (SSSR count). The summed E-state index contributed by atoms with van der Waals surface area (Å²) in [7, 11) is -3.09. The SMILES string of the molecule is [CH][C@H](C=O)CS(=O)(=O)CC1CC1. The van der Waals surface area contributed by atoms with E-state index in [-0.39, 0.29) is 11.5 Å². The van der Waals surface area contributed by atoms with Crippen LogP contribution in [0.2, 0.25) is 0 Å². The van der Waals surface area contributed by atoms with Gasteiger partial charge < -0.3 is 4.79 Å². The molecular weight excluding hydrogens is 176 g/mol. The molecule has 0 amide bonds. The molecule has 1 aliphatic carbocycles. The van der Waals surface area contributed by atoms with Crippen molar-refractivity contribution in [2.45, 2.75) is 12.8 Å². The molecule has 0 aromatic carbocycles. The molecule has 1 aliphatic rings. The van der Waals surface area contributed by atoms with Crippen LogP contribution in [-0.4, -0.2) is 26.2 Å². The molecule has 0 heterocycles. The van der Waals surface area contributed by atoms with E-state index in [1.54, 1.807) is 0 Å². The van der Waals surface area contributed by atoms with Gasteiger partial charge in [-0.05, 0) is 25.7 Å². The van der Waals surface area contributed by atoms with E-state index in [2.05, 4.69) is 0 Å². The third-order valence-corrected chi connectivity index (χ3v) is 3.68. The number of hydrogen-bond acceptors (Lipinski definition) is 3. The highest BCUT2D eigenvalue weighted by atomic mass is 32.2. The molecule has 1 atom stereocenters. The minimum atomic E-state index is -3.09. The van der Waals surface area contributed by atoms with Crippen LogP contribution in [0.1, 0.15) is 12.8 Å². The van der Waals surface area contributed by atoms with E-state index < -0.39 is 15.8 Å². The molecule has 68 valence electrons. The molecule has 0 aromatic rings. The van der Waals surface area contributed by atoms with Gasteiger partial charge in [-0.15, -0.1) is 0 Å². The number of rotatable bonds is 5. The summed E-state index contributed by atoms with van der Waals surface area (Å²) in [5.41, 5.74) is 0. The second kappa shape index (κ2) is 3.56. The van der Waals surface area contributed by atoms with Gasteiger partial charge in [-0.3, -0.25) is 0 Å². The predicted molar refractivity (Wildman–Crippen MR) is 45.2 cm³/mol. The van der Waals surface area contributed by atoms with E-state index >= 15 is 0 Å². The summed E-state index contributed by atoms with van der Waals surface area (Å²) in [6.45, 7) is 5.21. The zero-order valence-corrected chi connectivity index (χ0v) is 7.59. The van der Waals surface area contributed by atoms with Gasteiger partial charge in [-0.1, -0.05) is 0 Å². The Balaban J connectivity index is 2.41. The lowest BCUT2D eigenvalue weighted by Crippen LogP contribution is -2.18. The van der Waals surface area contributed by atoms with E-state index in [4.69, 9.17) is 6.92 Å². The fourth-order valence-electron chi connectivity index (χ4n) is 1.04. The van der Waals surface area contributed by atoms with E-state index in [1.165, 1.54) is 0 Å². The van der Waals surface area contributed by atoms with Crippen LogP contribution in [0.15, 0.2) is 0 Å². The highest BCUT2D eigenvalue weighted by molar-refractivity contribution is 7.91. The van der Waals surface area contributed by atoms with Crippen molar-refractivity contribution >= 4 is 16.1 Å². The van der Waals surface area contributed by atoms with Gasteiger partial charge in [-0.25, -0.2) is 8.42 Å². The number of sulfone groups is 1. The molecule has 0 aromatic heterocycles. The molecule has 1 saturated carbocycles. The highest BCUT2D eigenvalue weighted by Crippen LogP contribution is 2.30. The van der Waals surface area contributed by atoms with Gasteiger partial charge in [-0.2, -0.15) is 0 Å². The third-order valence-electron chi connectivity index (χ3n) is 1.81. The van der Waals surface area contributed by atoms with Gasteiger partial charge >= 0.3 is 0 Å². The summed E-state index contributed by atoms with van der Waals surface area (Å²) >= 11 is 0. The van der Waals surface area contributed by atoms with Crippen molar-refractivity contribution in [2.75, 3.05) is 11.5 Å². The average molecular weight is 188 g/mol. The van der Waals surface area contributed by atoms with Crippen molar-refractivity contribution in [2.24, 2.45) is 11.8 Å². The normalized spacial score (nSPS) is 20.4. The van der Waals surface area contributed by atoms with Gasteiger partial charge in [0.2, 0.25) is 0 Å². The minimum Gasteiger partial charge on any atom is -0.303 e. The van der Waals surface area contributed by atoms with Crippen LogP contribution in [0.4, 0.5) is 0 Å². The molecule has 0 N–H and O–H groups in total. The van der Waals surface area contributed by atoms with Crippen LogP contribution < -0.4 is 0 Å². The van der Waals surface area contributed by atoms with E-state index in [1.807, 2.05) is 0 Å². The van der Waals surface area contributed by atoms with Crippen LogP contribution in [0.5, 0.6) is 0 Å². The molecule has 3 nitrogen and oxygen atoms in total. The summed E-state index contributed by atoms with van der Waals surface area (Å²) in [4.78, 5) is 10.1. The Kier molecular flexibility index (Phi) is 2.88. The maximum absolute atomic E-state index is 11.2. The molecule has 0 saturated heterocycles. The van der Waals surface area contributed by atoms with Crippen molar-refractivity contribution < 1.29 is 13.2 Å². The molecule has 0 aliphatic heterocycles. The van der Waals surface area contributed by atoms with Gasteiger partial charge in [0, 0.05) is 5.92 Å². The number of carbonyl (C=O) groups excluding carboxylic acids is 1. The lowest BCUT2D eigenvalue weighted by molar-refractivity contribution is -0.109. The van der Waals surface area contributed by atoms with Gasteiger partial charge in [0.15, 0.2) is 9.84 Å². The quantitative estimate of drug-likeness (QED) is 0.584. The van der Waals surface area contributed by atoms with Crippen molar-refractivity contribution in [3.63, 3.8) is 0 Å². The molecule has 4 heteroatoms. The van der Waals surface area contributed by atoms with Crippen molar-refractivity contribution in [1.82, 2.24) is 0 Å². The Morgan fingerprint density at radius 2 is 2.08 bits per heavy atom. The van der Waals surface area contributed by atoms with Crippen LogP contribution in [0, 0.1) is 18.8 Å². The first-order valence-corrected chi connectivity index (χ1v) is 5.77. The lowest BCUT2D eigenvalue weighted by atomic mass is 10.3. The fourth-order valence-corrected chi connectivity index (χ4v) is 2.90. The Morgan fingerprint density at radius 3 is 2.50 bits per heavy atom. The average Bonchev–Trinajstić information content (AvgIpc) is 2.69. The van der Waals surface area contributed by atoms with Crippen molar-refractivity contribution in [3.05, 3.63) is 6.92 Å². The maximum Gasteiger partial charge on any atom is 0.151 e. The van der Waals surface area contributed by atoms with E-state index in [9.17, 15) is 13.2 Å². The highest BCUT2D eigenvalue weighted by Gasteiger charge is 2.28. The molecule has 0 bridgehead atoms. The fraction of sp³-hybridized carbons (Fsp3) is 0.750. The summed E-state index contributed by atoms with van der Waals surface area (Å²) in [6.07, 6.45) is 2.47. The first kappa shape index (κ1) is 9.71. The summed E-state index contributed by atoms with van der Waals surface area (Å²) < 4.78 is 22.4. The second-order valence-electron chi connectivity index (χ2n) is 3.32. The van der Waals surface area contributed by atoms with Gasteiger partial charge in [0.1, 0.15) is 6.29 Å². The third kappa shape index (κ3) is 3.34. The topological polar surface area (TPSA) is 51.2 Å². The van der Waals surface area contributed by atoms with E-state index in [0.29, 0.717) is 12.2 Å². The smallest absolute Gasteiger partial charge is 0.151 e. The second-order valence-corrected chi connectivity index (χ2v) is 5.47. The molecule has 0 spiro atoms. The minimum absolute atomic E-state index is 0.201. The molecule has 2 radical (unpaired) electrons. The van der Waals surface area contributed by atoms with Crippen LogP contribution in [0.25, 0.3) is 0 Å². The predicted octanol–water partition coefficient (Wildman–Crippen LogP) is 0.337. The first-order valence-electron chi connectivity index (χ1n) is 3.95. The Labute approximate surface area is 73.1 Å². The summed E-state index contributed by atoms with van der Waals surface area (Å²) in [5, 5.41) is 0. The van der Waals surface area contributed by atoms with Crippen LogP contribution >= 0.6 is 0 Å². The molecule has 1 fully saturated rings. The maximum atomic E-state index is 11.2.